The predicted molar refractivity (Wildman–Crippen MR) is 288 cm³/mol. The molecule has 0 saturated heterocycles. The minimum Gasteiger partial charge on any atom is -0.462 e. The van der Waals surface area contributed by atoms with Crippen LogP contribution in [0.25, 0.3) is 0 Å². The fourth-order valence-corrected chi connectivity index (χ4v) is 7.97. The number of ether oxygens (including phenoxy) is 2. The summed E-state index contributed by atoms with van der Waals surface area (Å²) in [6.07, 6.45) is 70.5. The maximum absolute atomic E-state index is 12.6. The van der Waals surface area contributed by atoms with E-state index in [0.717, 1.165) is 109 Å². The zero-order chi connectivity index (χ0) is 49.5. The smallest absolute Gasteiger partial charge is 0.462 e. The second-order valence-corrected chi connectivity index (χ2v) is 19.2. The molecule has 0 aliphatic carbocycles. The van der Waals surface area contributed by atoms with Crippen molar-refractivity contribution >= 4 is 19.8 Å². The summed E-state index contributed by atoms with van der Waals surface area (Å²) in [5.74, 6) is -0.843. The van der Waals surface area contributed by atoms with Gasteiger partial charge in [0, 0.05) is 19.4 Å². The molecule has 0 saturated carbocycles. The molecule has 0 fully saturated rings. The molecule has 0 heterocycles. The van der Waals surface area contributed by atoms with Crippen LogP contribution in [-0.4, -0.2) is 49.3 Å². The van der Waals surface area contributed by atoms with Crippen molar-refractivity contribution < 1.29 is 37.6 Å². The first-order chi connectivity index (χ1) is 33.3. The largest absolute Gasteiger partial charge is 0.472 e. The van der Waals surface area contributed by atoms with E-state index in [2.05, 4.69) is 111 Å². The van der Waals surface area contributed by atoms with Gasteiger partial charge in [0.25, 0.3) is 0 Å². The van der Waals surface area contributed by atoms with Crippen molar-refractivity contribution in [1.82, 2.24) is 0 Å². The molecule has 0 amide bonds. The third-order valence-corrected chi connectivity index (χ3v) is 12.2. The molecule has 0 aromatic carbocycles. The average Bonchev–Trinajstić information content (AvgIpc) is 3.33. The van der Waals surface area contributed by atoms with E-state index in [0.29, 0.717) is 6.42 Å². The first-order valence-electron chi connectivity index (χ1n) is 27.2. The number of rotatable bonds is 50. The molecular weight excluding hydrogens is 870 g/mol. The molecule has 68 heavy (non-hydrogen) atoms. The molecule has 390 valence electrons. The molecule has 3 N–H and O–H groups in total. The van der Waals surface area contributed by atoms with Crippen LogP contribution in [0.5, 0.6) is 0 Å². The van der Waals surface area contributed by atoms with E-state index in [-0.39, 0.29) is 32.6 Å². The van der Waals surface area contributed by atoms with Crippen LogP contribution in [0.4, 0.5) is 0 Å². The lowest BCUT2D eigenvalue weighted by Gasteiger charge is -2.19. The van der Waals surface area contributed by atoms with E-state index < -0.39 is 32.5 Å². The highest BCUT2D eigenvalue weighted by Crippen LogP contribution is 2.43. The van der Waals surface area contributed by atoms with E-state index >= 15 is 0 Å². The van der Waals surface area contributed by atoms with Gasteiger partial charge in [-0.2, -0.15) is 0 Å². The summed E-state index contributed by atoms with van der Waals surface area (Å²) in [5.41, 5.74) is 5.36. The van der Waals surface area contributed by atoms with Gasteiger partial charge in [0.1, 0.15) is 6.61 Å². The summed E-state index contributed by atoms with van der Waals surface area (Å²) in [6.45, 7) is 3.54. The van der Waals surface area contributed by atoms with Crippen LogP contribution in [0.2, 0.25) is 0 Å². The van der Waals surface area contributed by atoms with Crippen molar-refractivity contribution in [2.45, 2.75) is 232 Å². The molecule has 0 aromatic rings. The maximum atomic E-state index is 12.6. The number of esters is 2. The van der Waals surface area contributed by atoms with E-state index in [1.54, 1.807) is 0 Å². The minimum absolute atomic E-state index is 0.0496. The zero-order valence-electron chi connectivity index (χ0n) is 43.3. The van der Waals surface area contributed by atoms with Crippen LogP contribution in [0, 0.1) is 0 Å². The van der Waals surface area contributed by atoms with Crippen molar-refractivity contribution in [1.29, 1.82) is 0 Å². The van der Waals surface area contributed by atoms with Gasteiger partial charge in [-0.25, -0.2) is 4.57 Å². The summed E-state index contributed by atoms with van der Waals surface area (Å²) < 4.78 is 32.8. The number of carbonyl (C=O) groups is 2. The highest BCUT2D eigenvalue weighted by Gasteiger charge is 2.26. The van der Waals surface area contributed by atoms with Gasteiger partial charge in [0.2, 0.25) is 0 Å². The fourth-order valence-electron chi connectivity index (χ4n) is 7.21. The number of nitrogens with two attached hydrogens (primary N) is 1. The molecule has 0 spiro atoms. The molecule has 0 radical (unpaired) electrons. The lowest BCUT2D eigenvalue weighted by atomic mass is 10.0. The Morgan fingerprint density at radius 2 is 0.809 bits per heavy atom. The highest BCUT2D eigenvalue weighted by molar-refractivity contribution is 7.47. The van der Waals surface area contributed by atoms with Crippen molar-refractivity contribution in [2.75, 3.05) is 26.4 Å². The SMILES string of the molecule is CC/C=C\C/C=C\C/C=C\C/C=C\C/C=C\C/C=C\C/C=C\CCCCCCCCCCCCCCCCCC(=O)OC(COC(=O)CCCCCCC/C=C\CCC)COP(=O)(O)OCCN. The van der Waals surface area contributed by atoms with E-state index in [1.165, 1.54) is 83.5 Å². The fraction of sp³-hybridized carbons (Fsp3) is 0.690. The second-order valence-electron chi connectivity index (χ2n) is 17.7. The number of hydrogen-bond acceptors (Lipinski definition) is 8. The van der Waals surface area contributed by atoms with Crippen molar-refractivity contribution in [2.24, 2.45) is 5.73 Å². The molecule has 0 aromatic heterocycles. The van der Waals surface area contributed by atoms with Gasteiger partial charge in [-0.1, -0.05) is 220 Å². The van der Waals surface area contributed by atoms with E-state index in [1.807, 2.05) is 0 Å². The molecular formula is C58H100NO8P. The molecule has 2 atom stereocenters. The van der Waals surface area contributed by atoms with Crippen LogP contribution < -0.4 is 5.73 Å². The van der Waals surface area contributed by atoms with Crippen LogP contribution in [0.15, 0.2) is 97.2 Å². The van der Waals surface area contributed by atoms with Gasteiger partial charge >= 0.3 is 19.8 Å². The highest BCUT2D eigenvalue weighted by atomic mass is 31.2. The van der Waals surface area contributed by atoms with Crippen molar-refractivity contribution in [3.63, 3.8) is 0 Å². The molecule has 0 bridgehead atoms. The lowest BCUT2D eigenvalue weighted by Crippen LogP contribution is -2.29. The Morgan fingerprint density at radius 1 is 0.456 bits per heavy atom. The van der Waals surface area contributed by atoms with Crippen molar-refractivity contribution in [3.8, 4) is 0 Å². The van der Waals surface area contributed by atoms with Crippen LogP contribution >= 0.6 is 7.82 Å². The molecule has 0 aliphatic heterocycles. The average molecular weight is 970 g/mol. The van der Waals surface area contributed by atoms with Gasteiger partial charge in [-0.15, -0.1) is 0 Å². The summed E-state index contributed by atoms with van der Waals surface area (Å²) in [6, 6.07) is 0. The summed E-state index contributed by atoms with van der Waals surface area (Å²) in [5, 5.41) is 0. The Balaban J connectivity index is 3.86. The monoisotopic (exact) mass is 970 g/mol. The number of phosphoric ester groups is 1. The Morgan fingerprint density at radius 3 is 1.22 bits per heavy atom. The zero-order valence-corrected chi connectivity index (χ0v) is 44.2. The number of phosphoric acid groups is 1. The summed E-state index contributed by atoms with van der Waals surface area (Å²) in [7, 11) is -4.38. The molecule has 9 nitrogen and oxygen atoms in total. The lowest BCUT2D eigenvalue weighted by molar-refractivity contribution is -0.161. The van der Waals surface area contributed by atoms with Gasteiger partial charge in [0.15, 0.2) is 6.10 Å². The normalized spacial score (nSPS) is 13.9. The Kier molecular flexibility index (Phi) is 50.9. The Labute approximate surface area is 416 Å². The first-order valence-corrected chi connectivity index (χ1v) is 28.7. The number of allylic oxidation sites excluding steroid dienone is 16. The third kappa shape index (κ3) is 52.3. The molecule has 2 unspecified atom stereocenters. The van der Waals surface area contributed by atoms with E-state index in [9.17, 15) is 19.0 Å². The number of hydrogen-bond donors (Lipinski definition) is 2. The molecule has 10 heteroatoms. The molecule has 0 rings (SSSR count). The first kappa shape index (κ1) is 64.9. The van der Waals surface area contributed by atoms with Gasteiger partial charge in [0.05, 0.1) is 13.2 Å². The topological polar surface area (TPSA) is 134 Å². The maximum Gasteiger partial charge on any atom is 0.472 e. The summed E-state index contributed by atoms with van der Waals surface area (Å²) >= 11 is 0. The second kappa shape index (κ2) is 53.3. The van der Waals surface area contributed by atoms with Gasteiger partial charge < -0.3 is 20.1 Å². The predicted octanol–water partition coefficient (Wildman–Crippen LogP) is 16.9. The van der Waals surface area contributed by atoms with Crippen LogP contribution in [0.3, 0.4) is 0 Å². The third-order valence-electron chi connectivity index (χ3n) is 11.2. The van der Waals surface area contributed by atoms with Crippen molar-refractivity contribution in [3.05, 3.63) is 97.2 Å². The van der Waals surface area contributed by atoms with Crippen LogP contribution in [0.1, 0.15) is 226 Å². The van der Waals surface area contributed by atoms with E-state index in [4.69, 9.17) is 24.3 Å². The number of unbranched alkanes of at least 4 members (excludes halogenated alkanes) is 21. The quantitative estimate of drug-likeness (QED) is 0.0264. The van der Waals surface area contributed by atoms with Crippen LogP contribution in [-0.2, 0) is 32.7 Å². The standard InChI is InChI=1S/C58H100NO8P/c1-3-5-7-9-11-13-15-16-17-18-19-20-21-22-23-24-25-26-27-28-29-30-31-32-33-34-35-36-37-38-39-40-41-43-45-47-49-51-58(61)67-56(55-66-68(62,63)65-53-52-59)54-64-57(60)50-48-46-44-42-14-12-10-8-6-4-2/h5,7-8,10-11,13,16-17,19-20,22-23,25-26,28-29,56H,3-4,6,9,12,14-15,18,21,24,27,30-55,59H2,1-2H3,(H,62,63)/b7-5-,10-8-,13-11-,17-16-,20-19-,23-22-,26-25-,29-28-. The Bertz CT molecular complexity index is 1430. The van der Waals surface area contributed by atoms with Gasteiger partial charge in [-0.3, -0.25) is 18.6 Å². The number of carbonyl (C=O) groups excluding carboxylic acids is 2. The molecule has 0 aliphatic rings. The minimum atomic E-state index is -4.38. The van der Waals surface area contributed by atoms with Gasteiger partial charge in [-0.05, 0) is 89.9 Å². The summed E-state index contributed by atoms with van der Waals surface area (Å²) in [4.78, 5) is 34.9. The Hall–Kier alpha value is -3.07.